The molecule has 0 saturated heterocycles. The molecule has 3 aromatic rings. The molecule has 0 aliphatic rings. The van der Waals surface area contributed by atoms with Gasteiger partial charge in [-0.05, 0) is 13.0 Å². The Morgan fingerprint density at radius 2 is 1.90 bits per heavy atom. The highest BCUT2D eigenvalue weighted by molar-refractivity contribution is 6.34. The summed E-state index contributed by atoms with van der Waals surface area (Å²) in [4.78, 5) is 4.18. The minimum Gasteiger partial charge on any atom is -0.492 e. The van der Waals surface area contributed by atoms with E-state index in [9.17, 15) is 0 Å². The van der Waals surface area contributed by atoms with Crippen LogP contribution in [0.15, 0.2) is 42.7 Å². The molecule has 2 aromatic heterocycles. The molecular formula is C15H12ClN3O. The number of hydrogen-bond acceptors (Lipinski definition) is 4. The molecule has 0 aliphatic carbocycles. The zero-order chi connectivity index (χ0) is 13.9. The number of ether oxygens (including phenoxy) is 1. The van der Waals surface area contributed by atoms with E-state index >= 15 is 0 Å². The second-order valence-corrected chi connectivity index (χ2v) is 4.59. The molecule has 0 aliphatic heterocycles. The molecule has 0 amide bonds. The Balaban J connectivity index is 2.19. The molecule has 3 rings (SSSR count). The molecule has 20 heavy (non-hydrogen) atoms. The van der Waals surface area contributed by atoms with E-state index in [-0.39, 0.29) is 0 Å². The SMILES string of the molecule is CCOc1cncc(-c2nnc(Cl)c3ccccc23)c1. The number of halogens is 1. The molecule has 4 nitrogen and oxygen atoms in total. The van der Waals surface area contributed by atoms with E-state index < -0.39 is 0 Å². The van der Waals surface area contributed by atoms with Crippen molar-refractivity contribution in [2.75, 3.05) is 6.61 Å². The first-order chi connectivity index (χ1) is 9.79. The average molecular weight is 286 g/mol. The summed E-state index contributed by atoms with van der Waals surface area (Å²) in [5, 5.41) is 10.4. The summed E-state index contributed by atoms with van der Waals surface area (Å²) in [6.07, 6.45) is 3.42. The lowest BCUT2D eigenvalue weighted by atomic mass is 10.1. The summed E-state index contributed by atoms with van der Waals surface area (Å²) in [6.45, 7) is 2.53. The first-order valence-corrected chi connectivity index (χ1v) is 6.66. The van der Waals surface area contributed by atoms with Gasteiger partial charge in [-0.2, -0.15) is 0 Å². The van der Waals surface area contributed by atoms with Crippen molar-refractivity contribution in [3.05, 3.63) is 47.9 Å². The van der Waals surface area contributed by atoms with E-state index in [1.807, 2.05) is 37.3 Å². The van der Waals surface area contributed by atoms with Gasteiger partial charge in [-0.1, -0.05) is 35.9 Å². The smallest absolute Gasteiger partial charge is 0.159 e. The van der Waals surface area contributed by atoms with Gasteiger partial charge in [-0.15, -0.1) is 10.2 Å². The Morgan fingerprint density at radius 1 is 1.10 bits per heavy atom. The van der Waals surface area contributed by atoms with Crippen molar-refractivity contribution in [3.63, 3.8) is 0 Å². The van der Waals surface area contributed by atoms with E-state index in [0.717, 1.165) is 22.0 Å². The molecule has 0 spiro atoms. The highest BCUT2D eigenvalue weighted by Crippen LogP contribution is 2.30. The maximum Gasteiger partial charge on any atom is 0.159 e. The number of nitrogens with zero attached hydrogens (tertiary/aromatic N) is 3. The van der Waals surface area contributed by atoms with Crippen LogP contribution < -0.4 is 4.74 Å². The van der Waals surface area contributed by atoms with Crippen LogP contribution in [0.3, 0.4) is 0 Å². The fourth-order valence-electron chi connectivity index (χ4n) is 2.08. The van der Waals surface area contributed by atoms with Crippen molar-refractivity contribution in [1.82, 2.24) is 15.2 Å². The van der Waals surface area contributed by atoms with Crippen molar-refractivity contribution in [2.24, 2.45) is 0 Å². The van der Waals surface area contributed by atoms with Gasteiger partial charge in [0.15, 0.2) is 5.15 Å². The zero-order valence-corrected chi connectivity index (χ0v) is 11.6. The maximum atomic E-state index is 6.08. The standard InChI is InChI=1S/C15H12ClN3O/c1-2-20-11-7-10(8-17-9-11)14-12-5-3-4-6-13(12)15(16)19-18-14/h3-9H,2H2,1H3. The first-order valence-electron chi connectivity index (χ1n) is 6.28. The van der Waals surface area contributed by atoms with E-state index in [0.29, 0.717) is 17.5 Å². The monoisotopic (exact) mass is 285 g/mol. The molecule has 0 fully saturated rings. The van der Waals surface area contributed by atoms with Crippen LogP contribution in [0, 0.1) is 0 Å². The molecule has 0 saturated carbocycles. The lowest BCUT2D eigenvalue weighted by Crippen LogP contribution is -1.95. The molecule has 0 N–H and O–H groups in total. The number of benzene rings is 1. The molecule has 0 bridgehead atoms. The third-order valence-corrected chi connectivity index (χ3v) is 3.22. The summed E-state index contributed by atoms with van der Waals surface area (Å²) in [5.41, 5.74) is 1.61. The summed E-state index contributed by atoms with van der Waals surface area (Å²) in [5.74, 6) is 0.714. The Hall–Kier alpha value is -2.20. The quantitative estimate of drug-likeness (QED) is 0.735. The van der Waals surface area contributed by atoms with Gasteiger partial charge >= 0.3 is 0 Å². The Morgan fingerprint density at radius 3 is 2.70 bits per heavy atom. The van der Waals surface area contributed by atoms with E-state index in [2.05, 4.69) is 15.2 Å². The van der Waals surface area contributed by atoms with Crippen LogP contribution in [0.1, 0.15) is 6.92 Å². The van der Waals surface area contributed by atoms with Crippen molar-refractivity contribution >= 4 is 22.4 Å². The summed E-state index contributed by atoms with van der Waals surface area (Å²) >= 11 is 6.08. The van der Waals surface area contributed by atoms with Crippen molar-refractivity contribution < 1.29 is 4.74 Å². The Kier molecular flexibility index (Phi) is 3.48. The van der Waals surface area contributed by atoms with Crippen LogP contribution in [-0.2, 0) is 0 Å². The second-order valence-electron chi connectivity index (χ2n) is 4.23. The highest BCUT2D eigenvalue weighted by Gasteiger charge is 2.10. The fraction of sp³-hybridized carbons (Fsp3) is 0.133. The summed E-state index contributed by atoms with van der Waals surface area (Å²) in [7, 11) is 0. The molecule has 0 radical (unpaired) electrons. The van der Waals surface area contributed by atoms with Gasteiger partial charge in [0, 0.05) is 22.5 Å². The lowest BCUT2D eigenvalue weighted by molar-refractivity contribution is 0.339. The third kappa shape index (κ3) is 2.30. The van der Waals surface area contributed by atoms with Gasteiger partial charge < -0.3 is 4.74 Å². The molecular weight excluding hydrogens is 274 g/mol. The number of rotatable bonds is 3. The van der Waals surface area contributed by atoms with Crippen LogP contribution in [0.25, 0.3) is 22.0 Å². The van der Waals surface area contributed by atoms with Crippen molar-refractivity contribution in [3.8, 4) is 17.0 Å². The molecule has 0 atom stereocenters. The Labute approximate surface area is 121 Å². The average Bonchev–Trinajstić information content (AvgIpc) is 2.49. The second kappa shape index (κ2) is 5.43. The lowest BCUT2D eigenvalue weighted by Gasteiger charge is -2.07. The van der Waals surface area contributed by atoms with Crippen LogP contribution in [0.5, 0.6) is 5.75 Å². The molecule has 5 heteroatoms. The van der Waals surface area contributed by atoms with E-state index in [4.69, 9.17) is 16.3 Å². The predicted molar refractivity (Wildman–Crippen MR) is 78.9 cm³/mol. The predicted octanol–water partition coefficient (Wildman–Crippen LogP) is 3.74. The topological polar surface area (TPSA) is 47.9 Å². The molecule has 100 valence electrons. The largest absolute Gasteiger partial charge is 0.492 e. The third-order valence-electron chi connectivity index (χ3n) is 2.94. The van der Waals surface area contributed by atoms with Crippen molar-refractivity contribution in [2.45, 2.75) is 6.92 Å². The van der Waals surface area contributed by atoms with Crippen LogP contribution in [0.4, 0.5) is 0 Å². The van der Waals surface area contributed by atoms with Gasteiger partial charge in [-0.25, -0.2) is 0 Å². The number of fused-ring (bicyclic) bond motifs is 1. The van der Waals surface area contributed by atoms with Gasteiger partial charge in [0.25, 0.3) is 0 Å². The minimum absolute atomic E-state index is 0.401. The number of aromatic nitrogens is 3. The fourth-order valence-corrected chi connectivity index (χ4v) is 2.28. The number of pyridine rings is 1. The van der Waals surface area contributed by atoms with Gasteiger partial charge in [0.2, 0.25) is 0 Å². The Bertz CT molecular complexity index is 761. The van der Waals surface area contributed by atoms with E-state index in [1.165, 1.54) is 0 Å². The number of hydrogen-bond donors (Lipinski definition) is 0. The molecule has 2 heterocycles. The van der Waals surface area contributed by atoms with Gasteiger partial charge in [-0.3, -0.25) is 4.98 Å². The highest BCUT2D eigenvalue weighted by atomic mass is 35.5. The maximum absolute atomic E-state index is 6.08. The normalized spacial score (nSPS) is 10.7. The van der Waals surface area contributed by atoms with Crippen LogP contribution in [-0.4, -0.2) is 21.8 Å². The minimum atomic E-state index is 0.401. The van der Waals surface area contributed by atoms with Crippen LogP contribution >= 0.6 is 11.6 Å². The van der Waals surface area contributed by atoms with Crippen LogP contribution in [0.2, 0.25) is 5.15 Å². The summed E-state index contributed by atoms with van der Waals surface area (Å²) < 4.78 is 5.47. The van der Waals surface area contributed by atoms with Crippen molar-refractivity contribution in [1.29, 1.82) is 0 Å². The molecule has 1 aromatic carbocycles. The zero-order valence-electron chi connectivity index (χ0n) is 10.9. The summed E-state index contributed by atoms with van der Waals surface area (Å²) in [6, 6.07) is 9.67. The van der Waals surface area contributed by atoms with Gasteiger partial charge in [0.1, 0.15) is 11.4 Å². The van der Waals surface area contributed by atoms with Gasteiger partial charge in [0.05, 0.1) is 12.8 Å². The van der Waals surface area contributed by atoms with E-state index in [1.54, 1.807) is 12.4 Å². The first kappa shape index (κ1) is 12.8. The molecule has 0 unspecified atom stereocenters.